The van der Waals surface area contributed by atoms with E-state index in [1.807, 2.05) is 0 Å². The maximum Gasteiger partial charge on any atom is 0.315 e. The Kier molecular flexibility index (Phi) is 4.66. The van der Waals surface area contributed by atoms with Gasteiger partial charge in [-0.2, -0.15) is 0 Å². The Bertz CT molecular complexity index is 252. The van der Waals surface area contributed by atoms with Gasteiger partial charge in [0.25, 0.3) is 0 Å². The lowest BCUT2D eigenvalue weighted by Gasteiger charge is -2.23. The van der Waals surface area contributed by atoms with Gasteiger partial charge in [-0.25, -0.2) is 4.79 Å². The second kappa shape index (κ2) is 6.24. The van der Waals surface area contributed by atoms with Gasteiger partial charge in [0.05, 0.1) is 6.10 Å². The van der Waals surface area contributed by atoms with Crippen molar-refractivity contribution >= 4 is 6.03 Å². The molecule has 0 aromatic carbocycles. The van der Waals surface area contributed by atoms with E-state index in [0.717, 1.165) is 32.1 Å². The van der Waals surface area contributed by atoms with E-state index in [0.29, 0.717) is 18.5 Å². The van der Waals surface area contributed by atoms with E-state index in [1.165, 1.54) is 19.3 Å². The molecular weight excluding hydrogens is 216 g/mol. The van der Waals surface area contributed by atoms with E-state index in [1.54, 1.807) is 0 Å². The Hall–Kier alpha value is -0.770. The van der Waals surface area contributed by atoms with Crippen molar-refractivity contribution in [3.05, 3.63) is 0 Å². The zero-order valence-electron chi connectivity index (χ0n) is 10.5. The van der Waals surface area contributed by atoms with Crippen molar-refractivity contribution in [1.29, 1.82) is 0 Å². The van der Waals surface area contributed by atoms with Gasteiger partial charge in [0.1, 0.15) is 0 Å². The maximum absolute atomic E-state index is 11.7. The molecule has 0 aromatic rings. The number of urea groups is 1. The number of carbonyl (C=O) groups is 1. The van der Waals surface area contributed by atoms with Crippen LogP contribution in [0.25, 0.3) is 0 Å². The molecule has 2 atom stereocenters. The van der Waals surface area contributed by atoms with E-state index in [-0.39, 0.29) is 12.1 Å². The molecule has 0 heterocycles. The standard InChI is InChI=1S/C13H24N2O2/c16-12-7-6-10(8-12)9-14-13(17)15-11-4-2-1-3-5-11/h10-12,16H,1-9H2,(H2,14,15,17). The summed E-state index contributed by atoms with van der Waals surface area (Å²) in [5.41, 5.74) is 0. The highest BCUT2D eigenvalue weighted by molar-refractivity contribution is 5.74. The van der Waals surface area contributed by atoms with Crippen LogP contribution in [0, 0.1) is 5.92 Å². The molecule has 0 spiro atoms. The number of nitrogens with one attached hydrogen (secondary N) is 2. The molecule has 0 aromatic heterocycles. The third-order valence-corrected chi connectivity index (χ3v) is 4.01. The van der Waals surface area contributed by atoms with E-state index < -0.39 is 0 Å². The zero-order chi connectivity index (χ0) is 12.1. The summed E-state index contributed by atoms with van der Waals surface area (Å²) < 4.78 is 0. The summed E-state index contributed by atoms with van der Waals surface area (Å²) >= 11 is 0. The van der Waals surface area contributed by atoms with Gasteiger partial charge in [-0.3, -0.25) is 0 Å². The zero-order valence-corrected chi connectivity index (χ0v) is 10.5. The lowest BCUT2D eigenvalue weighted by Crippen LogP contribution is -2.44. The average Bonchev–Trinajstić information content (AvgIpc) is 2.74. The summed E-state index contributed by atoms with van der Waals surface area (Å²) in [6.07, 6.45) is 8.62. The van der Waals surface area contributed by atoms with Crippen LogP contribution in [-0.4, -0.2) is 29.8 Å². The first kappa shape index (κ1) is 12.7. The molecule has 0 radical (unpaired) electrons. The van der Waals surface area contributed by atoms with Crippen molar-refractivity contribution in [1.82, 2.24) is 10.6 Å². The predicted molar refractivity (Wildman–Crippen MR) is 66.8 cm³/mol. The quantitative estimate of drug-likeness (QED) is 0.704. The van der Waals surface area contributed by atoms with E-state index in [9.17, 15) is 9.90 Å². The second-order valence-electron chi connectivity index (χ2n) is 5.52. The van der Waals surface area contributed by atoms with E-state index in [2.05, 4.69) is 10.6 Å². The van der Waals surface area contributed by atoms with Gasteiger partial charge in [-0.05, 0) is 38.0 Å². The highest BCUT2D eigenvalue weighted by Crippen LogP contribution is 2.24. The van der Waals surface area contributed by atoms with Crippen molar-refractivity contribution < 1.29 is 9.90 Å². The Balaban J connectivity index is 1.60. The van der Waals surface area contributed by atoms with Gasteiger partial charge < -0.3 is 15.7 Å². The molecule has 17 heavy (non-hydrogen) atoms. The van der Waals surface area contributed by atoms with Crippen molar-refractivity contribution in [2.24, 2.45) is 5.92 Å². The van der Waals surface area contributed by atoms with Crippen LogP contribution >= 0.6 is 0 Å². The van der Waals surface area contributed by atoms with Crippen molar-refractivity contribution in [2.75, 3.05) is 6.54 Å². The van der Waals surface area contributed by atoms with Crippen LogP contribution in [0.2, 0.25) is 0 Å². The first-order valence-corrected chi connectivity index (χ1v) is 6.96. The molecule has 2 unspecified atom stereocenters. The van der Waals surface area contributed by atoms with Crippen molar-refractivity contribution in [2.45, 2.75) is 63.5 Å². The molecule has 3 N–H and O–H groups in total. The summed E-state index contributed by atoms with van der Waals surface area (Å²) in [6.45, 7) is 0.704. The SMILES string of the molecule is O=C(NCC1CCC(O)C1)NC1CCCCC1. The molecule has 4 heteroatoms. The minimum Gasteiger partial charge on any atom is -0.393 e. The predicted octanol–water partition coefficient (Wildman–Crippen LogP) is 1.78. The summed E-state index contributed by atoms with van der Waals surface area (Å²) in [6, 6.07) is 0.344. The Morgan fingerprint density at radius 2 is 1.88 bits per heavy atom. The summed E-state index contributed by atoms with van der Waals surface area (Å²) in [4.78, 5) is 11.7. The van der Waals surface area contributed by atoms with Crippen molar-refractivity contribution in [3.8, 4) is 0 Å². The van der Waals surface area contributed by atoms with Crippen LogP contribution < -0.4 is 10.6 Å². The minimum atomic E-state index is -0.150. The van der Waals surface area contributed by atoms with Gasteiger partial charge in [-0.1, -0.05) is 19.3 Å². The molecule has 2 fully saturated rings. The van der Waals surface area contributed by atoms with E-state index in [4.69, 9.17) is 0 Å². The molecule has 4 nitrogen and oxygen atoms in total. The number of hydrogen-bond donors (Lipinski definition) is 3. The highest BCUT2D eigenvalue weighted by Gasteiger charge is 2.23. The molecule has 0 aliphatic heterocycles. The van der Waals surface area contributed by atoms with Crippen LogP contribution in [0.15, 0.2) is 0 Å². The summed E-state index contributed by atoms with van der Waals surface area (Å²) in [7, 11) is 0. The van der Waals surface area contributed by atoms with Crippen LogP contribution in [-0.2, 0) is 0 Å². The normalized spacial score (nSPS) is 30.2. The molecule has 2 saturated carbocycles. The fourth-order valence-corrected chi connectivity index (χ4v) is 2.95. The average molecular weight is 240 g/mol. The van der Waals surface area contributed by atoms with Crippen molar-refractivity contribution in [3.63, 3.8) is 0 Å². The van der Waals surface area contributed by atoms with Gasteiger partial charge in [0.2, 0.25) is 0 Å². The molecule has 2 amide bonds. The number of rotatable bonds is 3. The summed E-state index contributed by atoms with van der Waals surface area (Å²) in [5.74, 6) is 0.460. The number of hydrogen-bond acceptors (Lipinski definition) is 2. The summed E-state index contributed by atoms with van der Waals surface area (Å²) in [5, 5.41) is 15.4. The molecule has 2 aliphatic carbocycles. The fourth-order valence-electron chi connectivity index (χ4n) is 2.95. The smallest absolute Gasteiger partial charge is 0.315 e. The van der Waals surface area contributed by atoms with Gasteiger partial charge in [-0.15, -0.1) is 0 Å². The molecule has 2 rings (SSSR count). The maximum atomic E-state index is 11.7. The number of aliphatic hydroxyl groups is 1. The Labute approximate surface area is 103 Å². The molecule has 98 valence electrons. The third kappa shape index (κ3) is 4.19. The van der Waals surface area contributed by atoms with Crippen LogP contribution in [0.1, 0.15) is 51.4 Å². The highest BCUT2D eigenvalue weighted by atomic mass is 16.3. The number of aliphatic hydroxyl groups excluding tert-OH is 1. The molecular formula is C13H24N2O2. The molecule has 0 bridgehead atoms. The lowest BCUT2D eigenvalue weighted by atomic mass is 9.96. The lowest BCUT2D eigenvalue weighted by molar-refractivity contribution is 0.177. The molecule has 0 saturated heterocycles. The van der Waals surface area contributed by atoms with E-state index >= 15 is 0 Å². The fraction of sp³-hybridized carbons (Fsp3) is 0.923. The van der Waals surface area contributed by atoms with Gasteiger partial charge >= 0.3 is 6.03 Å². The largest absolute Gasteiger partial charge is 0.393 e. The first-order chi connectivity index (χ1) is 8.24. The Morgan fingerprint density at radius 3 is 2.53 bits per heavy atom. The number of carbonyl (C=O) groups excluding carboxylic acids is 1. The third-order valence-electron chi connectivity index (χ3n) is 4.01. The van der Waals surface area contributed by atoms with Crippen LogP contribution in [0.5, 0.6) is 0 Å². The topological polar surface area (TPSA) is 61.4 Å². The number of amides is 2. The monoisotopic (exact) mass is 240 g/mol. The van der Waals surface area contributed by atoms with Gasteiger partial charge in [0.15, 0.2) is 0 Å². The van der Waals surface area contributed by atoms with Gasteiger partial charge in [0, 0.05) is 12.6 Å². The van der Waals surface area contributed by atoms with Crippen LogP contribution in [0.3, 0.4) is 0 Å². The first-order valence-electron chi connectivity index (χ1n) is 6.96. The molecule has 2 aliphatic rings. The Morgan fingerprint density at radius 1 is 1.12 bits per heavy atom. The minimum absolute atomic E-state index is 0.0294. The second-order valence-corrected chi connectivity index (χ2v) is 5.52. The van der Waals surface area contributed by atoms with Crippen LogP contribution in [0.4, 0.5) is 4.79 Å².